The van der Waals surface area contributed by atoms with Gasteiger partial charge < -0.3 is 0 Å². The van der Waals surface area contributed by atoms with Crippen LogP contribution in [0.25, 0.3) is 10.9 Å². The van der Waals surface area contributed by atoms with Gasteiger partial charge in [-0.05, 0) is 36.6 Å². The molecule has 0 atom stereocenters. The summed E-state index contributed by atoms with van der Waals surface area (Å²) in [6.07, 6.45) is 2.50. The number of pyridine rings is 1. The third kappa shape index (κ3) is 3.05. The van der Waals surface area contributed by atoms with E-state index >= 15 is 0 Å². The Morgan fingerprint density at radius 2 is 1.91 bits per heavy atom. The third-order valence-electron chi connectivity index (χ3n) is 3.15. The van der Waals surface area contributed by atoms with Gasteiger partial charge in [0, 0.05) is 9.86 Å². The largest absolute Gasteiger partial charge is 0.348 e. The van der Waals surface area contributed by atoms with Gasteiger partial charge in [0.2, 0.25) is 5.82 Å². The fourth-order valence-corrected chi connectivity index (χ4v) is 2.97. The Labute approximate surface area is 142 Å². The first kappa shape index (κ1) is 16.2. The van der Waals surface area contributed by atoms with Gasteiger partial charge in [-0.25, -0.2) is 14.4 Å². The molecule has 3 nitrogen and oxygen atoms in total. The normalized spacial score (nSPS) is 11.9. The van der Waals surface area contributed by atoms with Crippen molar-refractivity contribution in [2.75, 3.05) is 6.26 Å². The monoisotopic (exact) mass is 399 g/mol. The van der Waals surface area contributed by atoms with Crippen LogP contribution in [0.2, 0.25) is 0 Å². The molecule has 0 aliphatic rings. The van der Waals surface area contributed by atoms with Gasteiger partial charge in [-0.1, -0.05) is 15.9 Å². The minimum atomic E-state index is -3.52. The molecule has 0 fully saturated rings. The number of nitrogens with zero attached hydrogens (tertiary/aromatic N) is 3. The summed E-state index contributed by atoms with van der Waals surface area (Å²) in [4.78, 5) is 11.4. The van der Waals surface area contributed by atoms with Gasteiger partial charge in [-0.2, -0.15) is 8.78 Å². The van der Waals surface area contributed by atoms with Crippen molar-refractivity contribution in [3.05, 3.63) is 58.3 Å². The molecule has 0 saturated carbocycles. The molecule has 0 bridgehead atoms. The van der Waals surface area contributed by atoms with Crippen LogP contribution in [0.5, 0.6) is 0 Å². The molecule has 0 saturated heterocycles. The van der Waals surface area contributed by atoms with Crippen LogP contribution in [0.3, 0.4) is 0 Å². The molecule has 3 aromatic rings. The highest BCUT2D eigenvalue weighted by Gasteiger charge is 2.39. The van der Waals surface area contributed by atoms with Gasteiger partial charge in [0.1, 0.15) is 16.5 Å². The lowest BCUT2D eigenvalue weighted by Gasteiger charge is -2.16. The van der Waals surface area contributed by atoms with Gasteiger partial charge in [-0.3, -0.25) is 4.98 Å². The number of aromatic nitrogens is 3. The van der Waals surface area contributed by atoms with Crippen LogP contribution in [0, 0.1) is 5.82 Å². The average molecular weight is 400 g/mol. The zero-order valence-electron chi connectivity index (χ0n) is 11.7. The number of rotatable bonds is 3. The summed E-state index contributed by atoms with van der Waals surface area (Å²) in [5, 5.41) is 1.13. The van der Waals surface area contributed by atoms with Gasteiger partial charge in [0.25, 0.3) is 0 Å². The van der Waals surface area contributed by atoms with E-state index in [0.29, 0.717) is 15.9 Å². The van der Waals surface area contributed by atoms with Crippen molar-refractivity contribution in [2.45, 2.75) is 10.9 Å². The van der Waals surface area contributed by atoms with Crippen molar-refractivity contribution < 1.29 is 13.2 Å². The van der Waals surface area contributed by atoms with Crippen molar-refractivity contribution >= 4 is 38.6 Å². The van der Waals surface area contributed by atoms with E-state index < -0.39 is 23.3 Å². The van der Waals surface area contributed by atoms with Crippen LogP contribution in [0.1, 0.15) is 11.5 Å². The van der Waals surface area contributed by atoms with E-state index in [4.69, 9.17) is 0 Å². The zero-order valence-corrected chi connectivity index (χ0v) is 14.1. The lowest BCUT2D eigenvalue weighted by atomic mass is 10.2. The SMILES string of the molecule is CSc1nc(C(F)(F)c2ccc(F)cn2)nc2cc(Br)ccc12. The zero-order chi connectivity index (χ0) is 16.6. The summed E-state index contributed by atoms with van der Waals surface area (Å²) in [6.45, 7) is 0. The number of hydrogen-bond acceptors (Lipinski definition) is 4. The predicted octanol–water partition coefficient (Wildman–Crippen LogP) is 4.79. The Bertz CT molecular complexity index is 872. The molecule has 8 heteroatoms. The molecule has 0 amide bonds. The lowest BCUT2D eigenvalue weighted by Crippen LogP contribution is -2.21. The Kier molecular flexibility index (Phi) is 4.29. The fraction of sp³-hybridized carbons (Fsp3) is 0.133. The number of thioether (sulfide) groups is 1. The predicted molar refractivity (Wildman–Crippen MR) is 86.2 cm³/mol. The van der Waals surface area contributed by atoms with Crippen LogP contribution >= 0.6 is 27.7 Å². The summed E-state index contributed by atoms with van der Waals surface area (Å²) in [6, 6.07) is 7.08. The maximum absolute atomic E-state index is 14.6. The first-order chi connectivity index (χ1) is 10.9. The number of alkyl halides is 2. The minimum absolute atomic E-state index is 0.399. The van der Waals surface area contributed by atoms with Gasteiger partial charge in [0.15, 0.2) is 0 Å². The third-order valence-corrected chi connectivity index (χ3v) is 4.34. The van der Waals surface area contributed by atoms with Crippen molar-refractivity contribution in [3.63, 3.8) is 0 Å². The molecule has 2 aromatic heterocycles. The smallest absolute Gasteiger partial charge is 0.251 e. The van der Waals surface area contributed by atoms with Crippen LogP contribution in [-0.4, -0.2) is 21.2 Å². The van der Waals surface area contributed by atoms with E-state index in [0.717, 1.165) is 22.8 Å². The molecule has 0 radical (unpaired) electrons. The van der Waals surface area contributed by atoms with Crippen molar-refractivity contribution in [1.82, 2.24) is 15.0 Å². The molecule has 1 aromatic carbocycles. The van der Waals surface area contributed by atoms with Gasteiger partial charge >= 0.3 is 5.92 Å². The van der Waals surface area contributed by atoms with Gasteiger partial charge in [-0.15, -0.1) is 11.8 Å². The number of benzene rings is 1. The maximum Gasteiger partial charge on any atom is 0.348 e. The number of halogens is 4. The van der Waals surface area contributed by atoms with Crippen molar-refractivity contribution in [2.24, 2.45) is 0 Å². The lowest BCUT2D eigenvalue weighted by molar-refractivity contribution is 0.0277. The van der Waals surface area contributed by atoms with Crippen molar-refractivity contribution in [1.29, 1.82) is 0 Å². The van der Waals surface area contributed by atoms with Crippen LogP contribution in [-0.2, 0) is 5.92 Å². The second kappa shape index (κ2) is 6.09. The molecule has 0 unspecified atom stereocenters. The van der Waals surface area contributed by atoms with E-state index in [9.17, 15) is 13.2 Å². The molecule has 23 heavy (non-hydrogen) atoms. The molecule has 3 rings (SSSR count). The van der Waals surface area contributed by atoms with Gasteiger partial charge in [0.05, 0.1) is 11.7 Å². The molecule has 0 aliphatic carbocycles. The van der Waals surface area contributed by atoms with E-state index in [1.54, 1.807) is 24.5 Å². The summed E-state index contributed by atoms with van der Waals surface area (Å²) in [7, 11) is 0. The number of hydrogen-bond donors (Lipinski definition) is 0. The quantitative estimate of drug-likeness (QED) is 0.468. The standard InChI is InChI=1S/C15H9BrF3N3S/c1-23-13-10-4-2-8(16)6-11(10)21-14(22-13)15(18,19)12-5-3-9(17)7-20-12/h2-7H,1H3. The Balaban J connectivity index is 2.20. The number of fused-ring (bicyclic) bond motifs is 1. The minimum Gasteiger partial charge on any atom is -0.251 e. The van der Waals surface area contributed by atoms with Crippen LogP contribution in [0.15, 0.2) is 46.0 Å². The van der Waals surface area contributed by atoms with E-state index in [2.05, 4.69) is 30.9 Å². The van der Waals surface area contributed by atoms with Crippen molar-refractivity contribution in [3.8, 4) is 0 Å². The maximum atomic E-state index is 14.6. The molecule has 0 spiro atoms. The Hall–Kier alpha value is -1.67. The van der Waals surface area contributed by atoms with E-state index in [1.165, 1.54) is 11.8 Å². The van der Waals surface area contributed by atoms with E-state index in [-0.39, 0.29) is 0 Å². The molecular weight excluding hydrogens is 391 g/mol. The molecule has 2 heterocycles. The summed E-state index contributed by atoms with van der Waals surface area (Å²) >= 11 is 4.55. The average Bonchev–Trinajstić information content (AvgIpc) is 2.53. The topological polar surface area (TPSA) is 38.7 Å². The highest BCUT2D eigenvalue weighted by molar-refractivity contribution is 9.10. The summed E-state index contributed by atoms with van der Waals surface area (Å²) in [5.74, 6) is -4.86. The van der Waals surface area contributed by atoms with Crippen LogP contribution < -0.4 is 0 Å². The Morgan fingerprint density at radius 1 is 1.13 bits per heavy atom. The first-order valence-corrected chi connectivity index (χ1v) is 8.45. The van der Waals surface area contributed by atoms with E-state index in [1.807, 2.05) is 0 Å². The molecule has 118 valence electrons. The second-order valence-corrected chi connectivity index (χ2v) is 6.36. The first-order valence-electron chi connectivity index (χ1n) is 6.43. The molecular formula is C15H9BrF3N3S. The Morgan fingerprint density at radius 3 is 2.57 bits per heavy atom. The van der Waals surface area contributed by atoms with Crippen LogP contribution in [0.4, 0.5) is 13.2 Å². The fourth-order valence-electron chi connectivity index (χ4n) is 2.05. The highest BCUT2D eigenvalue weighted by atomic mass is 79.9. The second-order valence-electron chi connectivity index (χ2n) is 4.65. The molecule has 0 N–H and O–H groups in total. The highest BCUT2D eigenvalue weighted by Crippen LogP contribution is 2.35. The summed E-state index contributed by atoms with van der Waals surface area (Å²) < 4.78 is 42.9. The molecule has 0 aliphatic heterocycles. The summed E-state index contributed by atoms with van der Waals surface area (Å²) in [5.41, 5.74) is -0.198.